The van der Waals surface area contributed by atoms with Gasteiger partial charge in [-0.15, -0.1) is 0 Å². The Labute approximate surface area is 151 Å². The predicted octanol–water partition coefficient (Wildman–Crippen LogP) is 1.54. The molecule has 3 aliphatic rings. The summed E-state index contributed by atoms with van der Waals surface area (Å²) in [6.45, 7) is 4.33. The number of amides is 3. The van der Waals surface area contributed by atoms with E-state index in [-0.39, 0.29) is 18.0 Å². The van der Waals surface area contributed by atoms with Gasteiger partial charge in [-0.1, -0.05) is 12.2 Å². The minimum atomic E-state index is 0.0277. The van der Waals surface area contributed by atoms with E-state index in [0.717, 1.165) is 58.3 Å². The molecule has 1 aliphatic carbocycles. The highest BCUT2D eigenvalue weighted by atomic mass is 16.2. The zero-order valence-corrected chi connectivity index (χ0v) is 15.6. The molecule has 2 saturated heterocycles. The molecule has 2 fully saturated rings. The second-order valence-corrected chi connectivity index (χ2v) is 7.88. The average molecular weight is 348 g/mol. The van der Waals surface area contributed by atoms with Crippen molar-refractivity contribution in [1.29, 1.82) is 0 Å². The van der Waals surface area contributed by atoms with Crippen LogP contribution in [0.2, 0.25) is 0 Å². The molecule has 25 heavy (non-hydrogen) atoms. The number of urea groups is 1. The third kappa shape index (κ3) is 4.35. The molecule has 3 rings (SSSR count). The molecule has 0 spiro atoms. The van der Waals surface area contributed by atoms with E-state index in [1.54, 1.807) is 4.90 Å². The first kappa shape index (κ1) is 18.2. The summed E-state index contributed by atoms with van der Waals surface area (Å²) in [5, 5.41) is 3.07. The Hall–Kier alpha value is -1.56. The van der Waals surface area contributed by atoms with Gasteiger partial charge in [0, 0.05) is 40.3 Å². The van der Waals surface area contributed by atoms with E-state index >= 15 is 0 Å². The number of likely N-dealkylation sites (tertiary alicyclic amines) is 2. The summed E-state index contributed by atoms with van der Waals surface area (Å²) in [7, 11) is 3.64. The van der Waals surface area contributed by atoms with Gasteiger partial charge in [0.05, 0.1) is 6.04 Å². The molecule has 0 aromatic heterocycles. The molecule has 140 valence electrons. The largest absolute Gasteiger partial charge is 0.347 e. The number of rotatable bonds is 5. The molecule has 0 aromatic carbocycles. The van der Waals surface area contributed by atoms with Crippen LogP contribution in [0.1, 0.15) is 32.1 Å². The van der Waals surface area contributed by atoms with E-state index in [2.05, 4.69) is 22.4 Å². The number of carbonyl (C=O) groups excluding carboxylic acids is 2. The van der Waals surface area contributed by atoms with Crippen LogP contribution >= 0.6 is 0 Å². The van der Waals surface area contributed by atoms with Gasteiger partial charge in [0.2, 0.25) is 5.91 Å². The number of allylic oxidation sites excluding steroid dienone is 2. The molecular formula is C19H32N4O2. The monoisotopic (exact) mass is 348 g/mol. The minimum Gasteiger partial charge on any atom is -0.347 e. The summed E-state index contributed by atoms with van der Waals surface area (Å²) in [4.78, 5) is 30.5. The topological polar surface area (TPSA) is 55.9 Å². The van der Waals surface area contributed by atoms with E-state index in [0.29, 0.717) is 18.4 Å². The summed E-state index contributed by atoms with van der Waals surface area (Å²) in [5.74, 6) is 1.51. The maximum absolute atomic E-state index is 12.4. The molecule has 1 N–H and O–H groups in total. The lowest BCUT2D eigenvalue weighted by atomic mass is 9.86. The summed E-state index contributed by atoms with van der Waals surface area (Å²) in [6.07, 6.45) is 9.67. The smallest absolute Gasteiger partial charge is 0.317 e. The Kier molecular flexibility index (Phi) is 5.99. The molecule has 0 radical (unpaired) electrons. The Morgan fingerprint density at radius 3 is 2.48 bits per heavy atom. The van der Waals surface area contributed by atoms with Crippen LogP contribution in [0.5, 0.6) is 0 Å². The van der Waals surface area contributed by atoms with Crippen LogP contribution in [-0.2, 0) is 4.79 Å². The van der Waals surface area contributed by atoms with Gasteiger partial charge in [0.15, 0.2) is 0 Å². The number of hydrogen-bond acceptors (Lipinski definition) is 3. The van der Waals surface area contributed by atoms with Gasteiger partial charge >= 0.3 is 6.03 Å². The third-order valence-corrected chi connectivity index (χ3v) is 5.90. The first-order chi connectivity index (χ1) is 12.1. The van der Waals surface area contributed by atoms with Crippen molar-refractivity contribution in [3.8, 4) is 0 Å². The van der Waals surface area contributed by atoms with Crippen LogP contribution in [0.4, 0.5) is 4.79 Å². The van der Waals surface area contributed by atoms with E-state index in [1.807, 2.05) is 19.0 Å². The maximum atomic E-state index is 12.4. The number of fused-ring (bicyclic) bond motifs is 1. The quantitative estimate of drug-likeness (QED) is 0.606. The van der Waals surface area contributed by atoms with Crippen LogP contribution in [0, 0.1) is 11.8 Å². The second kappa shape index (κ2) is 8.21. The number of hydrogen-bond donors (Lipinski definition) is 1. The normalized spacial score (nSPS) is 28.9. The average Bonchev–Trinajstić information content (AvgIpc) is 3.24. The summed E-state index contributed by atoms with van der Waals surface area (Å²) < 4.78 is 0. The van der Waals surface area contributed by atoms with E-state index in [9.17, 15) is 9.59 Å². The predicted molar refractivity (Wildman–Crippen MR) is 98.2 cm³/mol. The zero-order chi connectivity index (χ0) is 17.8. The molecule has 0 aromatic rings. The van der Waals surface area contributed by atoms with Gasteiger partial charge in [0.1, 0.15) is 0 Å². The highest BCUT2D eigenvalue weighted by Gasteiger charge is 2.35. The molecule has 0 unspecified atom stereocenters. The van der Waals surface area contributed by atoms with Crippen molar-refractivity contribution in [3.63, 3.8) is 0 Å². The fourth-order valence-corrected chi connectivity index (χ4v) is 4.44. The minimum absolute atomic E-state index is 0.0277. The van der Waals surface area contributed by atoms with E-state index in [4.69, 9.17) is 0 Å². The molecule has 0 bridgehead atoms. The van der Waals surface area contributed by atoms with Crippen LogP contribution in [0.25, 0.3) is 0 Å². The highest BCUT2D eigenvalue weighted by molar-refractivity contribution is 5.81. The van der Waals surface area contributed by atoms with Gasteiger partial charge in [-0.05, 0) is 50.5 Å². The zero-order valence-electron chi connectivity index (χ0n) is 15.6. The summed E-state index contributed by atoms with van der Waals surface area (Å²) >= 11 is 0. The highest BCUT2D eigenvalue weighted by Crippen LogP contribution is 2.32. The lowest BCUT2D eigenvalue weighted by Crippen LogP contribution is -2.44. The molecule has 2 heterocycles. The third-order valence-electron chi connectivity index (χ3n) is 5.90. The van der Waals surface area contributed by atoms with Crippen LogP contribution in [-0.4, -0.2) is 79.5 Å². The first-order valence-corrected chi connectivity index (χ1v) is 9.69. The van der Waals surface area contributed by atoms with E-state index in [1.165, 1.54) is 0 Å². The van der Waals surface area contributed by atoms with Gasteiger partial charge < -0.3 is 15.1 Å². The van der Waals surface area contributed by atoms with Gasteiger partial charge in [-0.25, -0.2) is 4.79 Å². The van der Waals surface area contributed by atoms with E-state index < -0.39 is 0 Å². The Bertz CT molecular complexity index is 504. The number of carbonyl (C=O) groups is 2. The lowest BCUT2D eigenvalue weighted by Gasteiger charge is -2.26. The van der Waals surface area contributed by atoms with Crippen LogP contribution < -0.4 is 5.32 Å². The van der Waals surface area contributed by atoms with Crippen molar-refractivity contribution in [2.45, 2.75) is 38.1 Å². The van der Waals surface area contributed by atoms with Crippen molar-refractivity contribution in [2.24, 2.45) is 11.8 Å². The molecule has 6 heteroatoms. The number of likely N-dealkylation sites (N-methyl/N-ethyl adjacent to an activating group) is 1. The van der Waals surface area contributed by atoms with Gasteiger partial charge in [-0.3, -0.25) is 9.69 Å². The molecule has 3 atom stereocenters. The molecule has 6 nitrogen and oxygen atoms in total. The van der Waals surface area contributed by atoms with Crippen molar-refractivity contribution in [2.75, 3.05) is 46.8 Å². The molecule has 0 saturated carbocycles. The summed E-state index contributed by atoms with van der Waals surface area (Å²) in [6, 6.07) is 0.108. The van der Waals surface area contributed by atoms with Gasteiger partial charge in [0.25, 0.3) is 0 Å². The van der Waals surface area contributed by atoms with Crippen LogP contribution in [0.15, 0.2) is 12.2 Å². The standard InChI is InChI=1S/C19H32N4O2/c1-21(2)18(24)17-9-5-11-22(17)12-6-10-20-19(25)23-13-15-7-3-4-8-16(15)14-23/h3-4,15-17H,5-14H2,1-2H3,(H,20,25)/t15-,16-,17+/m1/s1. The van der Waals surface area contributed by atoms with Crippen molar-refractivity contribution in [3.05, 3.63) is 12.2 Å². The Morgan fingerprint density at radius 2 is 1.84 bits per heavy atom. The number of nitrogens with zero attached hydrogens (tertiary/aromatic N) is 3. The maximum Gasteiger partial charge on any atom is 0.317 e. The second-order valence-electron chi connectivity index (χ2n) is 7.88. The molecule has 2 aliphatic heterocycles. The first-order valence-electron chi connectivity index (χ1n) is 9.69. The van der Waals surface area contributed by atoms with Gasteiger partial charge in [-0.2, -0.15) is 0 Å². The number of nitrogens with one attached hydrogen (secondary N) is 1. The molecule has 3 amide bonds. The SMILES string of the molecule is CN(C)C(=O)[C@@H]1CCCN1CCCNC(=O)N1C[C@H]2CC=CC[C@@H]2C1. The fraction of sp³-hybridized carbons (Fsp3) is 0.789. The fourth-order valence-electron chi connectivity index (χ4n) is 4.44. The van der Waals surface area contributed by atoms with Crippen molar-refractivity contribution in [1.82, 2.24) is 20.0 Å². The Balaban J connectivity index is 1.36. The lowest BCUT2D eigenvalue weighted by molar-refractivity contribution is -0.133. The van der Waals surface area contributed by atoms with Crippen molar-refractivity contribution < 1.29 is 9.59 Å². The Morgan fingerprint density at radius 1 is 1.16 bits per heavy atom. The summed E-state index contributed by atoms with van der Waals surface area (Å²) in [5.41, 5.74) is 0. The van der Waals surface area contributed by atoms with Crippen LogP contribution in [0.3, 0.4) is 0 Å². The van der Waals surface area contributed by atoms with Crippen molar-refractivity contribution >= 4 is 11.9 Å². The molecular weight excluding hydrogens is 316 g/mol.